The number of aromatic nitrogens is 1. The van der Waals surface area contributed by atoms with Crippen LogP contribution in [0.3, 0.4) is 0 Å². The summed E-state index contributed by atoms with van der Waals surface area (Å²) in [7, 11) is 1.45. The number of pyridine rings is 1. The molecule has 0 aromatic carbocycles. The number of ether oxygens (including phenoxy) is 2. The van der Waals surface area contributed by atoms with Gasteiger partial charge in [0.1, 0.15) is 5.75 Å². The van der Waals surface area contributed by atoms with Crippen molar-refractivity contribution in [2.75, 3.05) is 7.11 Å². The van der Waals surface area contributed by atoms with Crippen LogP contribution in [0.25, 0.3) is 0 Å². The Morgan fingerprint density at radius 2 is 2.05 bits per heavy atom. The molecule has 104 valence electrons. The summed E-state index contributed by atoms with van der Waals surface area (Å²) in [6.45, 7) is 1.80. The number of carbonyl (C=O) groups is 1. The summed E-state index contributed by atoms with van der Waals surface area (Å²) >= 11 is 0. The average molecular weight is 265 g/mol. The first-order chi connectivity index (χ1) is 9.13. The number of hydrogen-bond donors (Lipinski definition) is 1. The van der Waals surface area contributed by atoms with E-state index in [9.17, 15) is 4.79 Å². The number of carboxylic acids is 1. The molecule has 1 saturated carbocycles. The Kier molecular flexibility index (Phi) is 4.24. The molecule has 1 N–H and O–H groups in total. The molecular formula is C14H19NO4. The highest BCUT2D eigenvalue weighted by molar-refractivity contribution is 5.89. The van der Waals surface area contributed by atoms with Gasteiger partial charge in [0.2, 0.25) is 0 Å². The molecule has 0 bridgehead atoms. The van der Waals surface area contributed by atoms with E-state index < -0.39 is 5.97 Å². The SMILES string of the molecule is COc1c(C(=O)O)ncc(OC2CCCCC2)c1C. The molecule has 0 unspecified atom stereocenters. The van der Waals surface area contributed by atoms with Gasteiger partial charge in [-0.15, -0.1) is 0 Å². The fourth-order valence-electron chi connectivity index (χ4n) is 2.45. The van der Waals surface area contributed by atoms with Crippen LogP contribution in [0, 0.1) is 6.92 Å². The van der Waals surface area contributed by atoms with E-state index in [4.69, 9.17) is 14.6 Å². The second-order valence-electron chi connectivity index (χ2n) is 4.81. The lowest BCUT2D eigenvalue weighted by Gasteiger charge is -2.24. The van der Waals surface area contributed by atoms with Gasteiger partial charge in [0.25, 0.3) is 0 Å². The molecule has 2 rings (SSSR count). The van der Waals surface area contributed by atoms with Crippen molar-refractivity contribution < 1.29 is 19.4 Å². The second kappa shape index (κ2) is 5.91. The fourth-order valence-corrected chi connectivity index (χ4v) is 2.45. The molecule has 1 fully saturated rings. The summed E-state index contributed by atoms with van der Waals surface area (Å²) in [6.07, 6.45) is 7.40. The zero-order chi connectivity index (χ0) is 13.8. The van der Waals surface area contributed by atoms with Crippen LogP contribution in [0.15, 0.2) is 6.20 Å². The molecule has 0 saturated heterocycles. The normalized spacial score (nSPS) is 16.1. The largest absolute Gasteiger partial charge is 0.494 e. The molecule has 1 aliphatic rings. The summed E-state index contributed by atoms with van der Waals surface area (Å²) in [4.78, 5) is 15.0. The van der Waals surface area contributed by atoms with Crippen molar-refractivity contribution in [3.63, 3.8) is 0 Å². The van der Waals surface area contributed by atoms with Crippen LogP contribution in [0.5, 0.6) is 11.5 Å². The summed E-state index contributed by atoms with van der Waals surface area (Å²) in [5.41, 5.74) is 0.622. The molecule has 1 heterocycles. The van der Waals surface area contributed by atoms with Crippen LogP contribution in [0.1, 0.15) is 48.2 Å². The Bertz CT molecular complexity index is 467. The Morgan fingerprint density at radius 3 is 2.63 bits per heavy atom. The van der Waals surface area contributed by atoms with Crippen molar-refractivity contribution in [2.45, 2.75) is 45.1 Å². The number of hydrogen-bond acceptors (Lipinski definition) is 4. The van der Waals surface area contributed by atoms with Gasteiger partial charge in [-0.25, -0.2) is 9.78 Å². The standard InChI is InChI=1S/C14H19NO4/c1-9-11(19-10-6-4-3-5-7-10)8-15-12(14(16)17)13(9)18-2/h8,10H,3-7H2,1-2H3,(H,16,17). The highest BCUT2D eigenvalue weighted by Crippen LogP contribution is 2.32. The molecular weight excluding hydrogens is 246 g/mol. The fraction of sp³-hybridized carbons (Fsp3) is 0.571. The van der Waals surface area contributed by atoms with Gasteiger partial charge in [-0.2, -0.15) is 0 Å². The number of rotatable bonds is 4. The molecule has 1 aromatic rings. The van der Waals surface area contributed by atoms with E-state index in [1.165, 1.54) is 32.6 Å². The summed E-state index contributed by atoms with van der Waals surface area (Å²) < 4.78 is 11.1. The van der Waals surface area contributed by atoms with Gasteiger partial charge in [-0.05, 0) is 32.6 Å². The lowest BCUT2D eigenvalue weighted by atomic mass is 9.98. The third kappa shape index (κ3) is 2.97. The van der Waals surface area contributed by atoms with E-state index in [-0.39, 0.29) is 17.5 Å². The number of aromatic carboxylic acids is 1. The highest BCUT2D eigenvalue weighted by atomic mass is 16.5. The van der Waals surface area contributed by atoms with Crippen molar-refractivity contribution in [3.8, 4) is 11.5 Å². The van der Waals surface area contributed by atoms with E-state index >= 15 is 0 Å². The summed E-state index contributed by atoms with van der Waals surface area (Å²) in [5.74, 6) is -0.196. The van der Waals surface area contributed by atoms with Crippen molar-refractivity contribution in [3.05, 3.63) is 17.5 Å². The van der Waals surface area contributed by atoms with Crippen LogP contribution in [0.4, 0.5) is 0 Å². The van der Waals surface area contributed by atoms with Gasteiger partial charge >= 0.3 is 5.97 Å². The van der Waals surface area contributed by atoms with Crippen molar-refractivity contribution in [2.24, 2.45) is 0 Å². The highest BCUT2D eigenvalue weighted by Gasteiger charge is 2.21. The molecule has 1 aromatic heterocycles. The maximum atomic E-state index is 11.1. The zero-order valence-corrected chi connectivity index (χ0v) is 11.3. The first-order valence-corrected chi connectivity index (χ1v) is 6.57. The van der Waals surface area contributed by atoms with Gasteiger partial charge < -0.3 is 14.6 Å². The maximum absolute atomic E-state index is 11.1. The van der Waals surface area contributed by atoms with Crippen LogP contribution in [0.2, 0.25) is 0 Å². The maximum Gasteiger partial charge on any atom is 0.358 e. The van der Waals surface area contributed by atoms with Crippen LogP contribution in [-0.2, 0) is 0 Å². The molecule has 19 heavy (non-hydrogen) atoms. The van der Waals surface area contributed by atoms with Crippen LogP contribution >= 0.6 is 0 Å². The van der Waals surface area contributed by atoms with Crippen molar-refractivity contribution >= 4 is 5.97 Å². The minimum absolute atomic E-state index is 0.0732. The van der Waals surface area contributed by atoms with Crippen LogP contribution in [-0.4, -0.2) is 29.3 Å². The molecule has 0 amide bonds. The Balaban J connectivity index is 2.23. The summed E-state index contributed by atoms with van der Waals surface area (Å²) in [6, 6.07) is 0. The first-order valence-electron chi connectivity index (χ1n) is 6.57. The quantitative estimate of drug-likeness (QED) is 0.906. The second-order valence-corrected chi connectivity index (χ2v) is 4.81. The third-order valence-corrected chi connectivity index (χ3v) is 3.49. The monoisotopic (exact) mass is 265 g/mol. The lowest BCUT2D eigenvalue weighted by Crippen LogP contribution is -2.20. The minimum atomic E-state index is -1.09. The Morgan fingerprint density at radius 1 is 1.37 bits per heavy atom. The van der Waals surface area contributed by atoms with Gasteiger partial charge in [-0.1, -0.05) is 6.42 Å². The molecule has 0 atom stereocenters. The molecule has 1 aliphatic carbocycles. The molecule has 0 spiro atoms. The number of carboxylic acid groups (broad SMARTS) is 1. The molecule has 5 nitrogen and oxygen atoms in total. The topological polar surface area (TPSA) is 68.7 Å². The molecule has 0 aliphatic heterocycles. The predicted octanol–water partition coefficient (Wildman–Crippen LogP) is 2.81. The number of methoxy groups -OCH3 is 1. The predicted molar refractivity (Wildman–Crippen MR) is 70.0 cm³/mol. The van der Waals surface area contributed by atoms with Gasteiger partial charge in [0.05, 0.1) is 19.4 Å². The first kappa shape index (κ1) is 13.6. The van der Waals surface area contributed by atoms with E-state index in [1.807, 2.05) is 0 Å². The van der Waals surface area contributed by atoms with Gasteiger partial charge in [0.15, 0.2) is 11.4 Å². The van der Waals surface area contributed by atoms with Gasteiger partial charge in [-0.3, -0.25) is 0 Å². The number of nitrogens with zero attached hydrogens (tertiary/aromatic N) is 1. The van der Waals surface area contributed by atoms with E-state index in [0.717, 1.165) is 12.8 Å². The Labute approximate surface area is 112 Å². The lowest BCUT2D eigenvalue weighted by molar-refractivity contribution is 0.0686. The summed E-state index contributed by atoms with van der Waals surface area (Å²) in [5, 5.41) is 9.05. The minimum Gasteiger partial charge on any atom is -0.494 e. The molecule has 0 radical (unpaired) electrons. The van der Waals surface area contributed by atoms with E-state index in [2.05, 4.69) is 4.98 Å². The third-order valence-electron chi connectivity index (χ3n) is 3.49. The zero-order valence-electron chi connectivity index (χ0n) is 11.3. The Hall–Kier alpha value is -1.78. The van der Waals surface area contributed by atoms with Crippen molar-refractivity contribution in [1.29, 1.82) is 0 Å². The van der Waals surface area contributed by atoms with Crippen LogP contribution < -0.4 is 9.47 Å². The van der Waals surface area contributed by atoms with Crippen molar-refractivity contribution in [1.82, 2.24) is 4.98 Å². The van der Waals surface area contributed by atoms with E-state index in [0.29, 0.717) is 11.3 Å². The average Bonchev–Trinajstić information content (AvgIpc) is 2.41. The smallest absolute Gasteiger partial charge is 0.358 e. The van der Waals surface area contributed by atoms with Gasteiger partial charge in [0, 0.05) is 5.56 Å². The molecule has 5 heteroatoms. The van der Waals surface area contributed by atoms with E-state index in [1.54, 1.807) is 6.92 Å².